The van der Waals surface area contributed by atoms with Crippen molar-refractivity contribution >= 4 is 11.6 Å². The van der Waals surface area contributed by atoms with Crippen LogP contribution in [0.4, 0.5) is 0 Å². The van der Waals surface area contributed by atoms with Gasteiger partial charge >= 0.3 is 0 Å². The zero-order chi connectivity index (χ0) is 14.4. The van der Waals surface area contributed by atoms with Gasteiger partial charge in [-0.25, -0.2) is 9.50 Å². The third-order valence-electron chi connectivity index (χ3n) is 3.36. The lowest BCUT2D eigenvalue weighted by atomic mass is 10.3. The predicted molar refractivity (Wildman–Crippen MR) is 77.7 cm³/mol. The number of fused-ring (bicyclic) bond motifs is 1. The third kappa shape index (κ3) is 3.33. The maximum atomic E-state index is 12.1. The molecule has 0 aliphatic carbocycles. The molecule has 0 unspecified atom stereocenters. The maximum absolute atomic E-state index is 12.1. The summed E-state index contributed by atoms with van der Waals surface area (Å²) >= 11 is 0. The summed E-state index contributed by atoms with van der Waals surface area (Å²) < 4.78 is 1.60. The van der Waals surface area contributed by atoms with Crippen LogP contribution in [0.5, 0.6) is 0 Å². The van der Waals surface area contributed by atoms with Crippen molar-refractivity contribution in [2.45, 2.75) is 20.3 Å². The molecule has 108 valence electrons. The van der Waals surface area contributed by atoms with Crippen molar-refractivity contribution in [3.05, 3.63) is 30.2 Å². The molecule has 0 saturated carbocycles. The molecule has 1 amide bonds. The molecule has 0 bridgehead atoms. The summed E-state index contributed by atoms with van der Waals surface area (Å²) in [4.78, 5) is 18.6. The molecule has 0 aromatic carbocycles. The van der Waals surface area contributed by atoms with E-state index in [-0.39, 0.29) is 5.91 Å². The lowest BCUT2D eigenvalue weighted by Crippen LogP contribution is -2.29. The molecule has 0 spiro atoms. The van der Waals surface area contributed by atoms with Gasteiger partial charge in [0.2, 0.25) is 0 Å². The van der Waals surface area contributed by atoms with Crippen LogP contribution in [0.15, 0.2) is 24.7 Å². The summed E-state index contributed by atoms with van der Waals surface area (Å²) in [5.41, 5.74) is 1.11. The van der Waals surface area contributed by atoms with Gasteiger partial charge in [0.1, 0.15) is 5.56 Å². The smallest absolute Gasteiger partial charge is 0.256 e. The first-order chi connectivity index (χ1) is 9.76. The predicted octanol–water partition coefficient (Wildman–Crippen LogP) is 1.19. The number of hydrogen-bond acceptors (Lipinski definition) is 4. The molecule has 6 nitrogen and oxygen atoms in total. The number of amides is 1. The summed E-state index contributed by atoms with van der Waals surface area (Å²) in [5, 5.41) is 7.03. The Labute approximate surface area is 118 Å². The lowest BCUT2D eigenvalue weighted by molar-refractivity contribution is 0.0953. The zero-order valence-corrected chi connectivity index (χ0v) is 12.0. The van der Waals surface area contributed by atoms with Crippen molar-refractivity contribution in [1.29, 1.82) is 0 Å². The number of carbonyl (C=O) groups is 1. The minimum atomic E-state index is -0.113. The molecule has 2 aromatic rings. The van der Waals surface area contributed by atoms with E-state index in [0.717, 1.165) is 26.1 Å². The SMILES string of the molecule is CCN(CC)CCCNC(=O)c1cnn2cccnc12. The Balaban J connectivity index is 1.86. The van der Waals surface area contributed by atoms with E-state index in [9.17, 15) is 4.79 Å². The first-order valence-corrected chi connectivity index (χ1v) is 7.05. The van der Waals surface area contributed by atoms with E-state index in [1.807, 2.05) is 0 Å². The van der Waals surface area contributed by atoms with Gasteiger partial charge in [-0.15, -0.1) is 0 Å². The summed E-state index contributed by atoms with van der Waals surface area (Å²) in [5.74, 6) is -0.113. The number of carbonyl (C=O) groups excluding carboxylic acids is 1. The van der Waals surface area contributed by atoms with Gasteiger partial charge in [-0.1, -0.05) is 13.8 Å². The molecule has 0 saturated heterocycles. The Morgan fingerprint density at radius 1 is 1.40 bits per heavy atom. The fourth-order valence-electron chi connectivity index (χ4n) is 2.13. The van der Waals surface area contributed by atoms with Gasteiger partial charge in [-0.05, 0) is 32.1 Å². The first kappa shape index (κ1) is 14.5. The van der Waals surface area contributed by atoms with Crippen molar-refractivity contribution in [3.8, 4) is 0 Å². The number of aromatic nitrogens is 3. The van der Waals surface area contributed by atoms with Crippen LogP contribution in [0, 0.1) is 0 Å². The minimum Gasteiger partial charge on any atom is -0.352 e. The standard InChI is InChI=1S/C14H21N5O/c1-3-18(4-2)9-5-8-16-14(20)12-11-17-19-10-6-7-15-13(12)19/h6-7,10-11H,3-5,8-9H2,1-2H3,(H,16,20). The summed E-state index contributed by atoms with van der Waals surface area (Å²) in [6, 6.07) is 1.78. The molecular formula is C14H21N5O. The second-order valence-electron chi connectivity index (χ2n) is 4.58. The normalized spacial score (nSPS) is 11.2. The van der Waals surface area contributed by atoms with Crippen molar-refractivity contribution in [3.63, 3.8) is 0 Å². The van der Waals surface area contributed by atoms with Gasteiger partial charge < -0.3 is 10.2 Å². The van der Waals surface area contributed by atoms with Gasteiger partial charge in [-0.2, -0.15) is 5.10 Å². The topological polar surface area (TPSA) is 62.5 Å². The van der Waals surface area contributed by atoms with Crippen molar-refractivity contribution < 1.29 is 4.79 Å². The van der Waals surface area contributed by atoms with Crippen LogP contribution in [-0.2, 0) is 0 Å². The van der Waals surface area contributed by atoms with Gasteiger partial charge in [-0.3, -0.25) is 4.79 Å². The molecular weight excluding hydrogens is 254 g/mol. The van der Waals surface area contributed by atoms with Crippen molar-refractivity contribution in [2.75, 3.05) is 26.2 Å². The molecule has 0 fully saturated rings. The lowest BCUT2D eigenvalue weighted by Gasteiger charge is -2.17. The van der Waals surface area contributed by atoms with Gasteiger partial charge in [0, 0.05) is 18.9 Å². The Morgan fingerprint density at radius 2 is 2.20 bits per heavy atom. The van der Waals surface area contributed by atoms with Crippen LogP contribution in [0.3, 0.4) is 0 Å². The second-order valence-corrected chi connectivity index (χ2v) is 4.58. The quantitative estimate of drug-likeness (QED) is 0.771. The summed E-state index contributed by atoms with van der Waals surface area (Å²) in [7, 11) is 0. The van der Waals surface area contributed by atoms with Crippen molar-refractivity contribution in [2.24, 2.45) is 0 Å². The van der Waals surface area contributed by atoms with Crippen LogP contribution in [-0.4, -0.2) is 51.6 Å². The Hall–Kier alpha value is -1.95. The maximum Gasteiger partial charge on any atom is 0.256 e. The van der Waals surface area contributed by atoms with Gasteiger partial charge in [0.25, 0.3) is 5.91 Å². The highest BCUT2D eigenvalue weighted by Gasteiger charge is 2.12. The van der Waals surface area contributed by atoms with E-state index in [0.29, 0.717) is 17.8 Å². The number of nitrogens with zero attached hydrogens (tertiary/aromatic N) is 4. The van der Waals surface area contributed by atoms with E-state index < -0.39 is 0 Å². The molecule has 6 heteroatoms. The average Bonchev–Trinajstić information content (AvgIpc) is 2.91. The van der Waals surface area contributed by atoms with E-state index in [1.54, 1.807) is 29.2 Å². The Bertz CT molecular complexity index is 561. The highest BCUT2D eigenvalue weighted by Crippen LogP contribution is 2.06. The van der Waals surface area contributed by atoms with Crippen LogP contribution in [0.2, 0.25) is 0 Å². The molecule has 2 heterocycles. The van der Waals surface area contributed by atoms with E-state index in [4.69, 9.17) is 0 Å². The van der Waals surface area contributed by atoms with Crippen molar-refractivity contribution in [1.82, 2.24) is 24.8 Å². The Kier molecular flexibility index (Phi) is 5.06. The number of hydrogen-bond donors (Lipinski definition) is 1. The molecule has 0 aliphatic heterocycles. The highest BCUT2D eigenvalue weighted by molar-refractivity contribution is 5.99. The van der Waals surface area contributed by atoms with E-state index in [2.05, 4.69) is 34.1 Å². The molecule has 2 aromatic heterocycles. The van der Waals surface area contributed by atoms with Crippen LogP contribution >= 0.6 is 0 Å². The molecule has 0 aliphatic rings. The second kappa shape index (κ2) is 7.00. The third-order valence-corrected chi connectivity index (χ3v) is 3.36. The first-order valence-electron chi connectivity index (χ1n) is 7.05. The van der Waals surface area contributed by atoms with Crippen LogP contribution in [0.25, 0.3) is 5.65 Å². The van der Waals surface area contributed by atoms with E-state index >= 15 is 0 Å². The highest BCUT2D eigenvalue weighted by atomic mass is 16.1. The molecule has 0 atom stereocenters. The molecule has 1 N–H and O–H groups in total. The van der Waals surface area contributed by atoms with E-state index in [1.165, 1.54) is 0 Å². The fourth-order valence-corrected chi connectivity index (χ4v) is 2.13. The molecule has 2 rings (SSSR count). The Morgan fingerprint density at radius 3 is 2.95 bits per heavy atom. The van der Waals surface area contributed by atoms with Gasteiger partial charge in [0.05, 0.1) is 6.20 Å². The van der Waals surface area contributed by atoms with Crippen LogP contribution < -0.4 is 5.32 Å². The monoisotopic (exact) mass is 275 g/mol. The largest absolute Gasteiger partial charge is 0.352 e. The average molecular weight is 275 g/mol. The molecule has 20 heavy (non-hydrogen) atoms. The number of nitrogens with one attached hydrogen (secondary N) is 1. The molecule has 0 radical (unpaired) electrons. The number of rotatable bonds is 7. The summed E-state index contributed by atoms with van der Waals surface area (Å²) in [6.45, 7) is 8.05. The minimum absolute atomic E-state index is 0.113. The van der Waals surface area contributed by atoms with Gasteiger partial charge in [0.15, 0.2) is 5.65 Å². The fraction of sp³-hybridized carbons (Fsp3) is 0.500. The van der Waals surface area contributed by atoms with Crippen LogP contribution in [0.1, 0.15) is 30.6 Å². The zero-order valence-electron chi connectivity index (χ0n) is 12.0. The summed E-state index contributed by atoms with van der Waals surface area (Å²) in [6.07, 6.45) is 5.94.